The predicted molar refractivity (Wildman–Crippen MR) is 255 cm³/mol. The Morgan fingerprint density at radius 3 is 1.76 bits per heavy atom. The molecule has 14 rings (SSSR count). The normalized spacial score (nSPS) is 12.2. The van der Waals surface area contributed by atoms with E-state index in [-0.39, 0.29) is 0 Å². The quantitative estimate of drug-likeness (QED) is 0.177. The summed E-state index contributed by atoms with van der Waals surface area (Å²) in [7, 11) is 0. The molecular weight excluding hydrogens is 781 g/mol. The Morgan fingerprint density at radius 1 is 0.371 bits per heavy atom. The summed E-state index contributed by atoms with van der Waals surface area (Å²) < 4.78 is 18.1. The van der Waals surface area contributed by atoms with Crippen LogP contribution in [0.3, 0.4) is 0 Å². The number of thiophene rings is 1. The molecular formula is C55H30N4O2S. The monoisotopic (exact) mass is 810 g/mol. The molecule has 5 aromatic heterocycles. The molecule has 0 N–H and O–H groups in total. The fourth-order valence-electron chi connectivity index (χ4n) is 9.75. The molecule has 0 atom stereocenters. The van der Waals surface area contributed by atoms with E-state index in [9.17, 15) is 0 Å². The van der Waals surface area contributed by atoms with Crippen LogP contribution in [0.5, 0.6) is 0 Å². The molecule has 62 heavy (non-hydrogen) atoms. The number of hydrogen-bond donors (Lipinski definition) is 0. The molecule has 9 aromatic carbocycles. The molecule has 0 saturated heterocycles. The van der Waals surface area contributed by atoms with Crippen molar-refractivity contribution in [2.45, 2.75) is 0 Å². The van der Waals surface area contributed by atoms with Gasteiger partial charge in [-0.25, -0.2) is 15.0 Å². The summed E-state index contributed by atoms with van der Waals surface area (Å²) in [6.45, 7) is 0. The molecule has 0 spiro atoms. The zero-order valence-corrected chi connectivity index (χ0v) is 33.7. The Bertz CT molecular complexity index is 4060. The first-order valence-corrected chi connectivity index (χ1v) is 21.5. The highest BCUT2D eigenvalue weighted by Crippen LogP contribution is 2.45. The van der Waals surface area contributed by atoms with Crippen molar-refractivity contribution in [1.29, 1.82) is 0 Å². The second-order valence-electron chi connectivity index (χ2n) is 15.9. The van der Waals surface area contributed by atoms with Crippen molar-refractivity contribution in [3.8, 4) is 39.9 Å². The fraction of sp³-hybridized carbons (Fsp3) is 0. The summed E-state index contributed by atoms with van der Waals surface area (Å²) in [5.41, 5.74) is 8.97. The highest BCUT2D eigenvalue weighted by atomic mass is 32.1. The Balaban J connectivity index is 1.09. The van der Waals surface area contributed by atoms with Crippen LogP contribution in [0, 0.1) is 0 Å². The van der Waals surface area contributed by atoms with E-state index in [1.807, 2.05) is 42.5 Å². The lowest BCUT2D eigenvalue weighted by molar-refractivity contribution is 0.668. The summed E-state index contributed by atoms with van der Waals surface area (Å²) in [6, 6.07) is 63.7. The molecule has 0 radical (unpaired) electrons. The minimum atomic E-state index is 0.523. The number of hydrogen-bond acceptors (Lipinski definition) is 6. The van der Waals surface area contributed by atoms with Gasteiger partial charge in [-0.05, 0) is 71.4 Å². The van der Waals surface area contributed by atoms with E-state index >= 15 is 0 Å². The van der Waals surface area contributed by atoms with Gasteiger partial charge >= 0.3 is 0 Å². The second kappa shape index (κ2) is 12.7. The molecule has 5 heterocycles. The van der Waals surface area contributed by atoms with Crippen LogP contribution >= 0.6 is 11.3 Å². The summed E-state index contributed by atoms with van der Waals surface area (Å²) >= 11 is 1.78. The van der Waals surface area contributed by atoms with E-state index in [1.54, 1.807) is 11.3 Å². The second-order valence-corrected chi connectivity index (χ2v) is 16.9. The third-order valence-corrected chi connectivity index (χ3v) is 13.6. The van der Waals surface area contributed by atoms with Crippen molar-refractivity contribution in [2.75, 3.05) is 0 Å². The smallest absolute Gasteiger partial charge is 0.167 e. The summed E-state index contributed by atoms with van der Waals surface area (Å²) in [5, 5.41) is 11.1. The van der Waals surface area contributed by atoms with Crippen LogP contribution in [0.2, 0.25) is 0 Å². The van der Waals surface area contributed by atoms with E-state index in [2.05, 4.69) is 144 Å². The molecule has 14 aromatic rings. The largest absolute Gasteiger partial charge is 0.456 e. The molecule has 0 fully saturated rings. The summed E-state index contributed by atoms with van der Waals surface area (Å²) in [4.78, 5) is 16.1. The minimum absolute atomic E-state index is 0.523. The van der Waals surface area contributed by atoms with Gasteiger partial charge in [-0.1, -0.05) is 121 Å². The van der Waals surface area contributed by atoms with Crippen molar-refractivity contribution in [1.82, 2.24) is 19.5 Å². The lowest BCUT2D eigenvalue weighted by atomic mass is 10.0. The first-order valence-electron chi connectivity index (χ1n) is 20.7. The molecule has 0 aliphatic rings. The van der Waals surface area contributed by atoms with E-state index in [4.69, 9.17) is 23.8 Å². The minimum Gasteiger partial charge on any atom is -0.456 e. The highest BCUT2D eigenvalue weighted by Gasteiger charge is 2.25. The van der Waals surface area contributed by atoms with Crippen LogP contribution in [0.4, 0.5) is 0 Å². The number of furan rings is 2. The Morgan fingerprint density at radius 2 is 0.952 bits per heavy atom. The van der Waals surface area contributed by atoms with Crippen LogP contribution in [-0.2, 0) is 0 Å². The topological polar surface area (TPSA) is 69.9 Å². The number of fused-ring (bicyclic) bond motifs is 13. The first kappa shape index (κ1) is 33.7. The molecule has 0 aliphatic carbocycles. The van der Waals surface area contributed by atoms with Gasteiger partial charge in [-0.2, -0.15) is 0 Å². The Hall–Kier alpha value is -8.13. The molecule has 288 valence electrons. The molecule has 0 amide bonds. The number of rotatable bonds is 4. The van der Waals surface area contributed by atoms with Crippen LogP contribution in [0.15, 0.2) is 191 Å². The molecule has 7 heteroatoms. The zero-order chi connectivity index (χ0) is 40.5. The zero-order valence-electron chi connectivity index (χ0n) is 32.8. The molecule has 0 aliphatic heterocycles. The maximum atomic E-state index is 6.97. The Kier molecular flexibility index (Phi) is 6.89. The summed E-state index contributed by atoms with van der Waals surface area (Å²) in [6.07, 6.45) is 0. The van der Waals surface area contributed by atoms with Crippen LogP contribution < -0.4 is 0 Å². The third kappa shape index (κ3) is 4.76. The van der Waals surface area contributed by atoms with Crippen molar-refractivity contribution in [2.24, 2.45) is 0 Å². The third-order valence-electron chi connectivity index (χ3n) is 12.4. The van der Waals surface area contributed by atoms with Gasteiger partial charge in [0.05, 0.1) is 27.7 Å². The lowest BCUT2D eigenvalue weighted by Crippen LogP contribution is -2.02. The van der Waals surface area contributed by atoms with Crippen LogP contribution in [-0.4, -0.2) is 19.5 Å². The maximum Gasteiger partial charge on any atom is 0.167 e. The SMILES string of the molecule is c1ccc2cc3c(cc2c1)c1ccccc1n3-c1ccc(-c2nc(-c3cccc4oc5ccccc5c34)nc(-c3cccc4sc5ccccc5c34)n2)c2oc3ccccc3c12. The number of benzene rings is 9. The number of aromatic nitrogens is 4. The van der Waals surface area contributed by atoms with E-state index in [0.717, 1.165) is 77.1 Å². The average molecular weight is 811 g/mol. The van der Waals surface area contributed by atoms with E-state index in [0.29, 0.717) is 23.1 Å². The van der Waals surface area contributed by atoms with Crippen LogP contribution in [0.1, 0.15) is 0 Å². The van der Waals surface area contributed by atoms with Crippen molar-refractivity contribution >= 4 is 108 Å². The van der Waals surface area contributed by atoms with E-state index < -0.39 is 0 Å². The van der Waals surface area contributed by atoms with Crippen molar-refractivity contribution in [3.05, 3.63) is 182 Å². The number of nitrogens with zero attached hydrogens (tertiary/aromatic N) is 4. The van der Waals surface area contributed by atoms with Gasteiger partial charge in [0, 0.05) is 58.2 Å². The van der Waals surface area contributed by atoms with Crippen LogP contribution in [0.25, 0.3) is 136 Å². The summed E-state index contributed by atoms with van der Waals surface area (Å²) in [5.74, 6) is 1.67. The van der Waals surface area contributed by atoms with Crippen molar-refractivity contribution in [3.63, 3.8) is 0 Å². The predicted octanol–water partition coefficient (Wildman–Crippen LogP) is 15.3. The average Bonchev–Trinajstić information content (AvgIpc) is 4.09. The van der Waals surface area contributed by atoms with Gasteiger partial charge in [-0.15, -0.1) is 11.3 Å². The van der Waals surface area contributed by atoms with Crippen molar-refractivity contribution < 1.29 is 8.83 Å². The molecule has 0 bridgehead atoms. The highest BCUT2D eigenvalue weighted by molar-refractivity contribution is 7.25. The lowest BCUT2D eigenvalue weighted by Gasteiger charge is -2.13. The van der Waals surface area contributed by atoms with Gasteiger partial charge in [-0.3, -0.25) is 0 Å². The van der Waals surface area contributed by atoms with Gasteiger partial charge in [0.2, 0.25) is 0 Å². The maximum absolute atomic E-state index is 6.97. The van der Waals surface area contributed by atoms with Gasteiger partial charge in [0.25, 0.3) is 0 Å². The van der Waals surface area contributed by atoms with Gasteiger partial charge in [0.15, 0.2) is 17.5 Å². The molecule has 0 unspecified atom stereocenters. The van der Waals surface area contributed by atoms with Gasteiger partial charge < -0.3 is 13.4 Å². The van der Waals surface area contributed by atoms with Gasteiger partial charge in [0.1, 0.15) is 22.3 Å². The fourth-order valence-corrected chi connectivity index (χ4v) is 10.9. The molecule has 0 saturated carbocycles. The number of para-hydroxylation sites is 3. The Labute approximate surface area is 356 Å². The van der Waals surface area contributed by atoms with E-state index in [1.165, 1.54) is 36.3 Å². The first-order chi connectivity index (χ1) is 30.7. The molecule has 6 nitrogen and oxygen atoms in total. The standard InChI is InChI=1S/C55H30N4O2S/c1-2-14-32-30-43-40(29-31(32)13-1)33-15-3-7-21-41(33)59(43)42-28-27-39(52-51(42)35-17-5-9-23-45(35)61-52)55-57-53(37-19-11-24-46-49(37)34-16-4-8-22-44(34)60-46)56-54(58-55)38-20-12-26-48-50(38)36-18-6-10-25-47(36)62-48/h1-30H.